The second-order valence-corrected chi connectivity index (χ2v) is 6.38. The lowest BCUT2D eigenvalue weighted by Gasteiger charge is -2.13. The van der Waals surface area contributed by atoms with Crippen molar-refractivity contribution in [3.63, 3.8) is 0 Å². The summed E-state index contributed by atoms with van der Waals surface area (Å²) < 4.78 is 0. The van der Waals surface area contributed by atoms with Gasteiger partial charge in [-0.2, -0.15) is 0 Å². The van der Waals surface area contributed by atoms with Gasteiger partial charge in [-0.3, -0.25) is 0 Å². The second kappa shape index (κ2) is 6.03. The minimum Gasteiger partial charge on any atom is -0.389 e. The van der Waals surface area contributed by atoms with Gasteiger partial charge in [0.15, 0.2) is 0 Å². The molecule has 1 heterocycles. The smallest absolute Gasteiger partial charge is 0.140 e. The van der Waals surface area contributed by atoms with Gasteiger partial charge in [0.1, 0.15) is 10.8 Å². The van der Waals surface area contributed by atoms with Crippen molar-refractivity contribution >= 4 is 40.5 Å². The summed E-state index contributed by atoms with van der Waals surface area (Å²) in [6, 6.07) is 10.4. The van der Waals surface area contributed by atoms with Crippen molar-refractivity contribution in [2.24, 2.45) is 5.73 Å². The van der Waals surface area contributed by atoms with Crippen LogP contribution in [0.5, 0.6) is 0 Å². The molecule has 0 saturated carbocycles. The van der Waals surface area contributed by atoms with E-state index in [0.717, 1.165) is 36.3 Å². The average molecular weight is 315 g/mol. The number of aryl methyl sites for hydroxylation is 2. The van der Waals surface area contributed by atoms with Gasteiger partial charge in [0, 0.05) is 16.3 Å². The van der Waals surface area contributed by atoms with Gasteiger partial charge in [-0.15, -0.1) is 11.8 Å². The first-order valence-electron chi connectivity index (χ1n) is 6.91. The third-order valence-electron chi connectivity index (χ3n) is 3.67. The van der Waals surface area contributed by atoms with Crippen molar-refractivity contribution in [1.29, 1.82) is 0 Å². The topological polar surface area (TPSA) is 50.9 Å². The van der Waals surface area contributed by atoms with Crippen LogP contribution in [0.25, 0.3) is 0 Å². The van der Waals surface area contributed by atoms with Gasteiger partial charge in [-0.1, -0.05) is 12.2 Å². The van der Waals surface area contributed by atoms with E-state index in [9.17, 15) is 0 Å². The Morgan fingerprint density at radius 3 is 2.71 bits per heavy atom. The molecule has 0 bridgehead atoms. The summed E-state index contributed by atoms with van der Waals surface area (Å²) in [7, 11) is 0. The maximum absolute atomic E-state index is 5.86. The summed E-state index contributed by atoms with van der Waals surface area (Å²) in [6.45, 7) is 0. The van der Waals surface area contributed by atoms with E-state index in [1.54, 1.807) is 11.8 Å². The number of anilines is 2. The molecule has 5 heteroatoms. The van der Waals surface area contributed by atoms with E-state index < -0.39 is 0 Å². The number of fused-ring (bicyclic) bond motifs is 1. The van der Waals surface area contributed by atoms with Crippen LogP contribution in [0.15, 0.2) is 35.2 Å². The highest BCUT2D eigenvalue weighted by atomic mass is 32.2. The monoisotopic (exact) mass is 315 g/mol. The summed E-state index contributed by atoms with van der Waals surface area (Å²) in [5.74, 6) is 0.764. The van der Waals surface area contributed by atoms with Crippen LogP contribution in [0.3, 0.4) is 0 Å². The second-order valence-electron chi connectivity index (χ2n) is 5.06. The Bertz CT molecular complexity index is 681. The summed E-state index contributed by atoms with van der Waals surface area (Å²) in [4.78, 5) is 6.35. The number of rotatable bonds is 4. The van der Waals surface area contributed by atoms with E-state index >= 15 is 0 Å². The van der Waals surface area contributed by atoms with Crippen molar-refractivity contribution in [2.75, 3.05) is 11.6 Å². The Labute approximate surface area is 134 Å². The number of thiocarbonyl (C=S) groups is 1. The highest BCUT2D eigenvalue weighted by Crippen LogP contribution is 2.28. The summed E-state index contributed by atoms with van der Waals surface area (Å²) in [5.41, 5.74) is 10.1. The molecule has 1 aliphatic carbocycles. The molecule has 0 aliphatic heterocycles. The van der Waals surface area contributed by atoms with E-state index in [4.69, 9.17) is 22.9 Å². The van der Waals surface area contributed by atoms with Gasteiger partial charge in [-0.05, 0) is 61.4 Å². The van der Waals surface area contributed by atoms with E-state index in [0.29, 0.717) is 4.99 Å². The fourth-order valence-corrected chi connectivity index (χ4v) is 3.13. The standard InChI is InChI=1S/C16H17N3S2/c1-21-12-7-5-11(6-8-12)18-16-13(15(17)20)9-10-3-2-4-14(10)19-16/h5-9H,2-4H2,1H3,(H2,17,20)(H,18,19). The fraction of sp³-hybridized carbons (Fsp3) is 0.250. The number of aromatic nitrogens is 1. The van der Waals surface area contributed by atoms with Crippen LogP contribution in [0, 0.1) is 0 Å². The van der Waals surface area contributed by atoms with Gasteiger partial charge in [0.2, 0.25) is 0 Å². The highest BCUT2D eigenvalue weighted by molar-refractivity contribution is 7.98. The molecule has 2 aromatic rings. The third-order valence-corrected chi connectivity index (χ3v) is 4.63. The molecule has 0 amide bonds. The Morgan fingerprint density at radius 2 is 2.05 bits per heavy atom. The molecular weight excluding hydrogens is 298 g/mol. The van der Waals surface area contributed by atoms with E-state index in [1.165, 1.54) is 16.2 Å². The molecule has 0 atom stereocenters. The van der Waals surface area contributed by atoms with E-state index in [2.05, 4.69) is 29.8 Å². The molecule has 0 saturated heterocycles. The molecule has 108 valence electrons. The number of pyridine rings is 1. The van der Waals surface area contributed by atoms with Crippen LogP contribution in [0.1, 0.15) is 23.2 Å². The number of nitrogens with zero attached hydrogens (tertiary/aromatic N) is 1. The number of nitrogens with two attached hydrogens (primary N) is 1. The Balaban J connectivity index is 1.94. The molecule has 0 fully saturated rings. The molecule has 3 rings (SSSR count). The summed E-state index contributed by atoms with van der Waals surface area (Å²) >= 11 is 6.89. The predicted octanol–water partition coefficient (Wildman–Crippen LogP) is 3.67. The van der Waals surface area contributed by atoms with Crippen molar-refractivity contribution in [3.05, 3.63) is 47.2 Å². The van der Waals surface area contributed by atoms with Crippen LogP contribution in [0.4, 0.5) is 11.5 Å². The molecule has 0 radical (unpaired) electrons. The number of hydrogen-bond donors (Lipinski definition) is 2. The fourth-order valence-electron chi connectivity index (χ4n) is 2.57. The van der Waals surface area contributed by atoms with Gasteiger partial charge >= 0.3 is 0 Å². The number of thioether (sulfide) groups is 1. The first-order chi connectivity index (χ1) is 10.2. The molecule has 0 spiro atoms. The lowest BCUT2D eigenvalue weighted by atomic mass is 10.1. The van der Waals surface area contributed by atoms with Crippen LogP contribution in [-0.2, 0) is 12.8 Å². The van der Waals surface area contributed by atoms with E-state index in [1.807, 2.05) is 12.1 Å². The third kappa shape index (κ3) is 3.04. The Morgan fingerprint density at radius 1 is 1.29 bits per heavy atom. The lowest BCUT2D eigenvalue weighted by molar-refractivity contribution is 0.900. The molecule has 1 aromatic carbocycles. The predicted molar refractivity (Wildman–Crippen MR) is 93.7 cm³/mol. The van der Waals surface area contributed by atoms with Crippen molar-refractivity contribution in [3.8, 4) is 0 Å². The SMILES string of the molecule is CSc1ccc(Nc2nc3c(cc2C(N)=S)CCC3)cc1. The minimum absolute atomic E-state index is 0.389. The lowest BCUT2D eigenvalue weighted by Crippen LogP contribution is -2.14. The zero-order valence-electron chi connectivity index (χ0n) is 11.8. The zero-order valence-corrected chi connectivity index (χ0v) is 13.5. The number of nitrogens with one attached hydrogen (secondary N) is 1. The Hall–Kier alpha value is -1.59. The number of benzene rings is 1. The van der Waals surface area contributed by atoms with Crippen LogP contribution < -0.4 is 11.1 Å². The Kier molecular flexibility index (Phi) is 4.12. The van der Waals surface area contributed by atoms with Gasteiger partial charge in [0.05, 0.1) is 5.56 Å². The van der Waals surface area contributed by atoms with Crippen molar-refractivity contribution in [2.45, 2.75) is 24.2 Å². The summed E-state index contributed by atoms with van der Waals surface area (Å²) in [6.07, 6.45) is 5.33. The van der Waals surface area contributed by atoms with E-state index in [-0.39, 0.29) is 0 Å². The van der Waals surface area contributed by atoms with Crippen molar-refractivity contribution < 1.29 is 0 Å². The first-order valence-corrected chi connectivity index (χ1v) is 8.54. The zero-order chi connectivity index (χ0) is 14.8. The quantitative estimate of drug-likeness (QED) is 0.666. The molecule has 1 aromatic heterocycles. The van der Waals surface area contributed by atoms with Gasteiger partial charge in [-0.25, -0.2) is 4.98 Å². The molecule has 3 nitrogen and oxygen atoms in total. The molecule has 21 heavy (non-hydrogen) atoms. The van der Waals surface area contributed by atoms with Gasteiger partial charge < -0.3 is 11.1 Å². The molecule has 1 aliphatic rings. The maximum atomic E-state index is 5.86. The van der Waals surface area contributed by atoms with Crippen molar-refractivity contribution in [1.82, 2.24) is 4.98 Å². The maximum Gasteiger partial charge on any atom is 0.140 e. The number of hydrogen-bond acceptors (Lipinski definition) is 4. The largest absolute Gasteiger partial charge is 0.389 e. The van der Waals surface area contributed by atoms with Crippen LogP contribution in [0.2, 0.25) is 0 Å². The van der Waals surface area contributed by atoms with Crippen LogP contribution in [-0.4, -0.2) is 16.2 Å². The normalized spacial score (nSPS) is 13.0. The molecular formula is C16H17N3S2. The summed E-state index contributed by atoms with van der Waals surface area (Å²) in [5, 5.41) is 3.35. The first kappa shape index (κ1) is 14.4. The molecule has 0 unspecified atom stereocenters. The van der Waals surface area contributed by atoms with Crippen LogP contribution >= 0.6 is 24.0 Å². The molecule has 3 N–H and O–H groups in total. The minimum atomic E-state index is 0.389. The average Bonchev–Trinajstić information content (AvgIpc) is 2.94. The van der Waals surface area contributed by atoms with Gasteiger partial charge in [0.25, 0.3) is 0 Å². The highest BCUT2D eigenvalue weighted by Gasteiger charge is 2.17.